The number of benzene rings is 1. The topological polar surface area (TPSA) is 70.1 Å². The first kappa shape index (κ1) is 12.2. The molecule has 1 aromatic carbocycles. The number of ether oxygens (including phenoxy) is 1. The van der Waals surface area contributed by atoms with Crippen molar-refractivity contribution in [1.29, 1.82) is 0 Å². The number of nitrogens with two attached hydrogens (primary N) is 1. The van der Waals surface area contributed by atoms with Crippen LogP contribution in [0.1, 0.15) is 22.8 Å². The van der Waals surface area contributed by atoms with Gasteiger partial charge in [0, 0.05) is 18.3 Å². The summed E-state index contributed by atoms with van der Waals surface area (Å²) in [5.74, 6) is 0.356. The Morgan fingerprint density at radius 3 is 2.89 bits per heavy atom. The van der Waals surface area contributed by atoms with Gasteiger partial charge in [0.1, 0.15) is 5.75 Å². The van der Waals surface area contributed by atoms with Crippen LogP contribution in [0.3, 0.4) is 0 Å². The van der Waals surface area contributed by atoms with Gasteiger partial charge in [0.15, 0.2) is 5.78 Å². The summed E-state index contributed by atoms with van der Waals surface area (Å²) in [6, 6.07) is 5.15. The minimum atomic E-state index is -0.147. The van der Waals surface area contributed by atoms with Crippen molar-refractivity contribution in [2.24, 2.45) is 0 Å². The van der Waals surface area contributed by atoms with Gasteiger partial charge in [-0.25, -0.2) is 0 Å². The molecule has 5 nitrogen and oxygen atoms in total. The number of ketones is 1. The number of carbonyl (C=O) groups excluding carboxylic acids is 1. The van der Waals surface area contributed by atoms with Crippen LogP contribution < -0.4 is 10.5 Å². The van der Waals surface area contributed by atoms with Crippen LogP contribution in [0.2, 0.25) is 0 Å². The number of carbonyl (C=O) groups is 1. The molecule has 0 unspecified atom stereocenters. The Kier molecular flexibility index (Phi) is 3.32. The van der Waals surface area contributed by atoms with Gasteiger partial charge < -0.3 is 10.5 Å². The Balaban J connectivity index is 2.39. The molecule has 1 heterocycles. The molecule has 0 fully saturated rings. The largest absolute Gasteiger partial charge is 0.495 e. The van der Waals surface area contributed by atoms with Gasteiger partial charge >= 0.3 is 0 Å². The van der Waals surface area contributed by atoms with Crippen molar-refractivity contribution in [2.75, 3.05) is 12.8 Å². The lowest BCUT2D eigenvalue weighted by molar-refractivity contribution is 0.103. The summed E-state index contributed by atoms with van der Waals surface area (Å²) in [7, 11) is 1.52. The molecular formula is C13H15N3O2. The average Bonchev–Trinajstić information content (AvgIpc) is 2.87. The molecule has 2 aromatic rings. The number of methoxy groups -OCH3 is 1. The predicted octanol–water partition coefficient (Wildman–Crippen LogP) is 1.72. The predicted molar refractivity (Wildman–Crippen MR) is 68.7 cm³/mol. The highest BCUT2D eigenvalue weighted by Gasteiger charge is 2.16. The number of para-hydroxylation sites is 1. The zero-order valence-corrected chi connectivity index (χ0v) is 10.4. The molecule has 2 N–H and O–H groups in total. The smallest absolute Gasteiger partial charge is 0.198 e. The molecule has 0 spiro atoms. The first-order chi connectivity index (χ1) is 8.67. The van der Waals surface area contributed by atoms with Gasteiger partial charge in [0.05, 0.1) is 24.6 Å². The summed E-state index contributed by atoms with van der Waals surface area (Å²) in [6.07, 6.45) is 3.26. The second-order valence-corrected chi connectivity index (χ2v) is 3.84. The van der Waals surface area contributed by atoms with Crippen molar-refractivity contribution in [3.05, 3.63) is 41.7 Å². The second-order valence-electron chi connectivity index (χ2n) is 3.84. The summed E-state index contributed by atoms with van der Waals surface area (Å²) >= 11 is 0. The highest BCUT2D eigenvalue weighted by molar-refractivity contribution is 6.12. The molecule has 2 rings (SSSR count). The van der Waals surface area contributed by atoms with E-state index in [1.807, 2.05) is 6.92 Å². The van der Waals surface area contributed by atoms with Crippen LogP contribution in [-0.4, -0.2) is 22.7 Å². The third-order valence-electron chi connectivity index (χ3n) is 2.75. The highest BCUT2D eigenvalue weighted by Crippen LogP contribution is 2.26. The molecule has 0 atom stereocenters. The van der Waals surface area contributed by atoms with E-state index >= 15 is 0 Å². The lowest BCUT2D eigenvalue weighted by Crippen LogP contribution is -2.06. The van der Waals surface area contributed by atoms with Gasteiger partial charge in [-0.05, 0) is 19.1 Å². The van der Waals surface area contributed by atoms with E-state index in [-0.39, 0.29) is 5.78 Å². The Morgan fingerprint density at radius 1 is 1.50 bits per heavy atom. The summed E-state index contributed by atoms with van der Waals surface area (Å²) in [6.45, 7) is 2.68. The van der Waals surface area contributed by atoms with E-state index < -0.39 is 0 Å². The van der Waals surface area contributed by atoms with E-state index in [4.69, 9.17) is 10.5 Å². The molecule has 5 heteroatoms. The van der Waals surface area contributed by atoms with Crippen LogP contribution in [0.25, 0.3) is 0 Å². The van der Waals surface area contributed by atoms with Gasteiger partial charge in [-0.15, -0.1) is 0 Å². The summed E-state index contributed by atoms with van der Waals surface area (Å²) in [4.78, 5) is 12.3. The Bertz CT molecular complexity index is 575. The van der Waals surface area contributed by atoms with Crippen LogP contribution in [0.15, 0.2) is 30.6 Å². The van der Waals surface area contributed by atoms with Crippen molar-refractivity contribution < 1.29 is 9.53 Å². The molecule has 94 valence electrons. The van der Waals surface area contributed by atoms with Gasteiger partial charge in [-0.3, -0.25) is 9.48 Å². The standard InChI is InChI=1S/C13H15N3O2/c1-3-16-8-9(7-15-16)13(17)10-5-4-6-11(18-2)12(10)14/h4-8H,3,14H2,1-2H3. The van der Waals surface area contributed by atoms with E-state index in [1.54, 1.807) is 35.3 Å². The monoisotopic (exact) mass is 245 g/mol. The molecule has 1 aromatic heterocycles. The number of aryl methyl sites for hydroxylation is 1. The quantitative estimate of drug-likeness (QED) is 0.657. The van der Waals surface area contributed by atoms with Crippen molar-refractivity contribution in [1.82, 2.24) is 9.78 Å². The zero-order valence-electron chi connectivity index (χ0n) is 10.4. The maximum atomic E-state index is 12.3. The highest BCUT2D eigenvalue weighted by atomic mass is 16.5. The fraction of sp³-hybridized carbons (Fsp3) is 0.231. The lowest BCUT2D eigenvalue weighted by atomic mass is 10.0. The molecule has 18 heavy (non-hydrogen) atoms. The van der Waals surface area contributed by atoms with Crippen molar-refractivity contribution in [3.8, 4) is 5.75 Å². The van der Waals surface area contributed by atoms with Crippen molar-refractivity contribution in [2.45, 2.75) is 13.5 Å². The van der Waals surface area contributed by atoms with E-state index in [9.17, 15) is 4.79 Å². The first-order valence-electron chi connectivity index (χ1n) is 5.67. The molecule has 0 aliphatic rings. The number of nitrogen functional groups attached to an aromatic ring is 1. The normalized spacial score (nSPS) is 10.3. The van der Waals surface area contributed by atoms with E-state index in [1.165, 1.54) is 7.11 Å². The number of hydrogen-bond donors (Lipinski definition) is 1. The SMILES string of the molecule is CCn1cc(C(=O)c2cccc(OC)c2N)cn1. The molecule has 0 aliphatic carbocycles. The number of hydrogen-bond acceptors (Lipinski definition) is 4. The van der Waals surface area contributed by atoms with Crippen LogP contribution >= 0.6 is 0 Å². The maximum absolute atomic E-state index is 12.3. The second kappa shape index (κ2) is 4.91. The Labute approximate surface area is 105 Å². The molecular weight excluding hydrogens is 230 g/mol. The molecule has 0 aliphatic heterocycles. The van der Waals surface area contributed by atoms with Gasteiger partial charge in [0.2, 0.25) is 0 Å². The third-order valence-corrected chi connectivity index (χ3v) is 2.75. The minimum absolute atomic E-state index is 0.147. The summed E-state index contributed by atoms with van der Waals surface area (Å²) in [5, 5.41) is 4.08. The van der Waals surface area contributed by atoms with Gasteiger partial charge in [-0.2, -0.15) is 5.10 Å². The molecule has 0 saturated carbocycles. The number of nitrogens with zero attached hydrogens (tertiary/aromatic N) is 2. The van der Waals surface area contributed by atoms with Gasteiger partial charge in [0.25, 0.3) is 0 Å². The van der Waals surface area contributed by atoms with Crippen LogP contribution in [0.4, 0.5) is 5.69 Å². The van der Waals surface area contributed by atoms with Crippen LogP contribution in [0, 0.1) is 0 Å². The molecule has 0 amide bonds. The fourth-order valence-corrected chi connectivity index (χ4v) is 1.73. The Hall–Kier alpha value is -2.30. The van der Waals surface area contributed by atoms with Crippen LogP contribution in [0.5, 0.6) is 5.75 Å². The molecule has 0 bridgehead atoms. The Morgan fingerprint density at radius 2 is 2.28 bits per heavy atom. The van der Waals surface area contributed by atoms with Crippen LogP contribution in [-0.2, 0) is 6.54 Å². The molecule has 0 saturated heterocycles. The van der Waals surface area contributed by atoms with Gasteiger partial charge in [-0.1, -0.05) is 6.07 Å². The summed E-state index contributed by atoms with van der Waals surface area (Å²) < 4.78 is 6.80. The first-order valence-corrected chi connectivity index (χ1v) is 5.67. The maximum Gasteiger partial charge on any atom is 0.198 e. The van der Waals surface area contributed by atoms with E-state index in [2.05, 4.69) is 5.10 Å². The number of aromatic nitrogens is 2. The van der Waals surface area contributed by atoms with E-state index in [0.29, 0.717) is 22.6 Å². The summed E-state index contributed by atoms with van der Waals surface area (Å²) in [5.41, 5.74) is 7.21. The van der Waals surface area contributed by atoms with Crippen molar-refractivity contribution in [3.63, 3.8) is 0 Å². The minimum Gasteiger partial charge on any atom is -0.495 e. The lowest BCUT2D eigenvalue weighted by Gasteiger charge is -2.08. The number of anilines is 1. The zero-order chi connectivity index (χ0) is 13.1. The molecule has 0 radical (unpaired) electrons. The number of rotatable bonds is 4. The third kappa shape index (κ3) is 2.07. The fourth-order valence-electron chi connectivity index (χ4n) is 1.73. The van der Waals surface area contributed by atoms with Crippen molar-refractivity contribution >= 4 is 11.5 Å². The average molecular weight is 245 g/mol. The van der Waals surface area contributed by atoms with E-state index in [0.717, 1.165) is 6.54 Å².